The summed E-state index contributed by atoms with van der Waals surface area (Å²) in [6, 6.07) is 15.4. The number of nitrogens with two attached hydrogens (primary N) is 1. The van der Waals surface area contributed by atoms with Gasteiger partial charge in [0, 0.05) is 18.1 Å². The predicted molar refractivity (Wildman–Crippen MR) is 124 cm³/mol. The summed E-state index contributed by atoms with van der Waals surface area (Å²) in [4.78, 5) is 18.1. The van der Waals surface area contributed by atoms with Crippen LogP contribution in [0.4, 0.5) is 4.79 Å². The van der Waals surface area contributed by atoms with Gasteiger partial charge in [-0.1, -0.05) is 29.5 Å². The molecular weight excluding hydrogens is 408 g/mol. The third kappa shape index (κ3) is 4.38. The molecule has 3 heterocycles. The monoisotopic (exact) mass is 436 g/mol. The van der Waals surface area contributed by atoms with E-state index in [1.54, 1.807) is 11.3 Å². The lowest BCUT2D eigenvalue weighted by Crippen LogP contribution is -2.53. The SMILES string of the molecule is Cc1ccc2nc(Oc3ccc(CCNC4C[C@H]5CC[C@@H](C4)N5C(N)=O)cc3)sc2c1. The molecule has 0 saturated carbocycles. The smallest absolute Gasteiger partial charge is 0.315 e. The van der Waals surface area contributed by atoms with Crippen molar-refractivity contribution in [1.29, 1.82) is 0 Å². The van der Waals surface area contributed by atoms with Crippen LogP contribution in [0.1, 0.15) is 36.8 Å². The first-order chi connectivity index (χ1) is 15.0. The van der Waals surface area contributed by atoms with Crippen molar-refractivity contribution in [3.8, 4) is 10.9 Å². The number of fused-ring (bicyclic) bond motifs is 3. The van der Waals surface area contributed by atoms with Crippen molar-refractivity contribution in [3.05, 3.63) is 53.6 Å². The van der Waals surface area contributed by atoms with E-state index in [0.29, 0.717) is 23.3 Å². The second-order valence-electron chi connectivity index (χ2n) is 8.70. The van der Waals surface area contributed by atoms with Crippen LogP contribution in [0.5, 0.6) is 10.9 Å². The van der Waals surface area contributed by atoms with Crippen LogP contribution in [0.2, 0.25) is 0 Å². The molecule has 3 aromatic rings. The van der Waals surface area contributed by atoms with Gasteiger partial charge in [0.15, 0.2) is 0 Å². The molecule has 2 aromatic carbocycles. The maximum Gasteiger partial charge on any atom is 0.315 e. The van der Waals surface area contributed by atoms with Gasteiger partial charge in [-0.3, -0.25) is 0 Å². The molecule has 31 heavy (non-hydrogen) atoms. The molecule has 7 heteroatoms. The summed E-state index contributed by atoms with van der Waals surface area (Å²) in [5.41, 5.74) is 9.03. The Morgan fingerprint density at radius 3 is 2.65 bits per heavy atom. The van der Waals surface area contributed by atoms with Crippen molar-refractivity contribution in [3.63, 3.8) is 0 Å². The minimum absolute atomic E-state index is 0.255. The van der Waals surface area contributed by atoms with E-state index in [1.807, 2.05) is 23.1 Å². The van der Waals surface area contributed by atoms with E-state index < -0.39 is 0 Å². The molecular formula is C24H28N4O2S. The molecule has 0 radical (unpaired) electrons. The number of thiazole rings is 1. The van der Waals surface area contributed by atoms with Crippen molar-refractivity contribution >= 4 is 27.6 Å². The van der Waals surface area contributed by atoms with Gasteiger partial charge in [0.05, 0.1) is 10.2 Å². The zero-order chi connectivity index (χ0) is 21.4. The molecule has 5 rings (SSSR count). The summed E-state index contributed by atoms with van der Waals surface area (Å²) in [6.07, 6.45) is 5.15. The molecule has 3 N–H and O–H groups in total. The second-order valence-corrected chi connectivity index (χ2v) is 9.69. The third-order valence-electron chi connectivity index (χ3n) is 6.49. The molecule has 1 aromatic heterocycles. The van der Waals surface area contributed by atoms with Gasteiger partial charge in [-0.15, -0.1) is 0 Å². The lowest BCUT2D eigenvalue weighted by molar-refractivity contribution is 0.138. The number of piperidine rings is 1. The summed E-state index contributed by atoms with van der Waals surface area (Å²) in [5, 5.41) is 4.36. The molecule has 2 bridgehead atoms. The van der Waals surface area contributed by atoms with Crippen LogP contribution in [0.15, 0.2) is 42.5 Å². The number of nitrogens with zero attached hydrogens (tertiary/aromatic N) is 2. The lowest BCUT2D eigenvalue weighted by atomic mass is 9.97. The Hall–Kier alpha value is -2.64. The molecule has 2 amide bonds. The number of rotatable bonds is 6. The molecule has 2 aliphatic rings. The highest BCUT2D eigenvalue weighted by Gasteiger charge is 2.42. The number of carbonyl (C=O) groups excluding carboxylic acids is 1. The van der Waals surface area contributed by atoms with Crippen LogP contribution < -0.4 is 15.8 Å². The number of nitrogens with one attached hydrogen (secondary N) is 1. The van der Waals surface area contributed by atoms with Crippen LogP contribution in [-0.2, 0) is 6.42 Å². The van der Waals surface area contributed by atoms with Crippen LogP contribution >= 0.6 is 11.3 Å². The fraction of sp³-hybridized carbons (Fsp3) is 0.417. The van der Waals surface area contributed by atoms with Gasteiger partial charge in [-0.05, 0) is 81.0 Å². The summed E-state index contributed by atoms with van der Waals surface area (Å²) >= 11 is 1.57. The normalized spacial score (nSPS) is 22.7. The number of amides is 2. The summed E-state index contributed by atoms with van der Waals surface area (Å²) in [6.45, 7) is 3.01. The van der Waals surface area contributed by atoms with Crippen molar-refractivity contribution in [1.82, 2.24) is 15.2 Å². The number of urea groups is 1. The molecule has 2 aliphatic heterocycles. The highest BCUT2D eigenvalue weighted by molar-refractivity contribution is 7.20. The maximum atomic E-state index is 11.6. The Balaban J connectivity index is 1.12. The van der Waals surface area contributed by atoms with Gasteiger partial charge < -0.3 is 20.7 Å². The van der Waals surface area contributed by atoms with E-state index in [-0.39, 0.29) is 6.03 Å². The predicted octanol–water partition coefficient (Wildman–Crippen LogP) is 4.60. The molecule has 162 valence electrons. The van der Waals surface area contributed by atoms with Gasteiger partial charge in [-0.2, -0.15) is 0 Å². The van der Waals surface area contributed by atoms with Gasteiger partial charge in [0.25, 0.3) is 5.19 Å². The van der Waals surface area contributed by atoms with E-state index in [9.17, 15) is 4.79 Å². The number of ether oxygens (including phenoxy) is 1. The number of carbonyl (C=O) groups is 1. The summed E-state index contributed by atoms with van der Waals surface area (Å²) in [7, 11) is 0. The van der Waals surface area contributed by atoms with E-state index >= 15 is 0 Å². The Labute approximate surface area is 186 Å². The Kier molecular flexibility index (Phi) is 5.54. The van der Waals surface area contributed by atoms with Crippen molar-refractivity contribution in [2.24, 2.45) is 5.73 Å². The first kappa shape index (κ1) is 20.3. The zero-order valence-corrected chi connectivity index (χ0v) is 18.5. The number of aryl methyl sites for hydroxylation is 1. The van der Waals surface area contributed by atoms with Crippen LogP contribution in [0.25, 0.3) is 10.2 Å². The average Bonchev–Trinajstić information content (AvgIpc) is 3.26. The van der Waals surface area contributed by atoms with E-state index in [4.69, 9.17) is 10.5 Å². The zero-order valence-electron chi connectivity index (χ0n) is 17.7. The highest BCUT2D eigenvalue weighted by Crippen LogP contribution is 2.35. The molecule has 1 unspecified atom stereocenters. The standard InChI is InChI=1S/C24H28N4O2S/c1-15-2-9-21-22(12-15)31-24(27-21)30-20-7-3-16(4-8-20)10-11-26-17-13-18-5-6-19(14-17)28(18)23(25)29/h2-4,7-9,12,17-19,26H,5-6,10-11,13-14H2,1H3,(H2,25,29)/t17?,18-,19+. The average molecular weight is 437 g/mol. The molecule has 2 saturated heterocycles. The molecule has 0 spiro atoms. The van der Waals surface area contributed by atoms with Gasteiger partial charge >= 0.3 is 6.03 Å². The Morgan fingerprint density at radius 1 is 1.19 bits per heavy atom. The summed E-state index contributed by atoms with van der Waals surface area (Å²) < 4.78 is 7.11. The third-order valence-corrected chi connectivity index (χ3v) is 7.38. The minimum atomic E-state index is -0.255. The van der Waals surface area contributed by atoms with Crippen LogP contribution in [-0.4, -0.2) is 40.6 Å². The molecule has 0 aliphatic carbocycles. The van der Waals surface area contributed by atoms with Gasteiger partial charge in [-0.25, -0.2) is 9.78 Å². The first-order valence-corrected chi connectivity index (χ1v) is 11.8. The van der Waals surface area contributed by atoms with E-state index in [0.717, 1.165) is 54.6 Å². The fourth-order valence-electron chi connectivity index (χ4n) is 5.00. The first-order valence-electron chi connectivity index (χ1n) is 11.0. The summed E-state index contributed by atoms with van der Waals surface area (Å²) in [5.74, 6) is 0.808. The maximum absolute atomic E-state index is 11.6. The minimum Gasteiger partial charge on any atom is -0.431 e. The van der Waals surface area contributed by atoms with Gasteiger partial charge in [0.2, 0.25) is 0 Å². The Bertz CT molecular complexity index is 1070. The fourth-order valence-corrected chi connectivity index (χ4v) is 5.94. The lowest BCUT2D eigenvalue weighted by Gasteiger charge is -2.38. The van der Waals surface area contributed by atoms with Crippen molar-refractivity contribution in [2.45, 2.75) is 57.2 Å². The number of benzene rings is 2. The van der Waals surface area contributed by atoms with E-state index in [2.05, 4.69) is 41.5 Å². The van der Waals surface area contributed by atoms with Crippen LogP contribution in [0.3, 0.4) is 0 Å². The molecule has 3 atom stereocenters. The van der Waals surface area contributed by atoms with Gasteiger partial charge in [0.1, 0.15) is 5.75 Å². The molecule has 6 nitrogen and oxygen atoms in total. The number of hydrogen-bond acceptors (Lipinski definition) is 5. The topological polar surface area (TPSA) is 80.5 Å². The van der Waals surface area contributed by atoms with Crippen molar-refractivity contribution < 1.29 is 9.53 Å². The molecule has 2 fully saturated rings. The van der Waals surface area contributed by atoms with Crippen molar-refractivity contribution in [2.75, 3.05) is 6.54 Å². The highest BCUT2D eigenvalue weighted by atomic mass is 32.1. The largest absolute Gasteiger partial charge is 0.431 e. The van der Waals surface area contributed by atoms with Crippen LogP contribution in [0, 0.1) is 6.92 Å². The van der Waals surface area contributed by atoms with E-state index in [1.165, 1.54) is 11.1 Å². The number of aromatic nitrogens is 1. The number of primary amides is 1. The Morgan fingerprint density at radius 2 is 1.94 bits per heavy atom. The number of hydrogen-bond donors (Lipinski definition) is 2. The quantitative estimate of drug-likeness (QED) is 0.592. The second kappa shape index (κ2) is 8.48.